The van der Waals surface area contributed by atoms with Crippen molar-refractivity contribution in [2.45, 2.75) is 38.8 Å². The Labute approximate surface area is 164 Å². The topological polar surface area (TPSA) is 58.6 Å². The maximum absolute atomic E-state index is 12.9. The van der Waals surface area contributed by atoms with Crippen LogP contribution in [0.15, 0.2) is 42.0 Å². The van der Waals surface area contributed by atoms with Crippen LogP contribution in [0.4, 0.5) is 13.2 Å². The summed E-state index contributed by atoms with van der Waals surface area (Å²) < 4.78 is 38.8. The summed E-state index contributed by atoms with van der Waals surface area (Å²) >= 11 is 0. The fraction of sp³-hybridized carbons (Fsp3) is 0.318. The molecule has 0 aliphatic heterocycles. The first-order valence-corrected chi connectivity index (χ1v) is 9.52. The average molecular weight is 397 g/mol. The van der Waals surface area contributed by atoms with Crippen molar-refractivity contribution in [3.05, 3.63) is 64.2 Å². The summed E-state index contributed by atoms with van der Waals surface area (Å²) in [5.74, 6) is 0.135. The maximum atomic E-state index is 12.9. The van der Waals surface area contributed by atoms with Crippen molar-refractivity contribution in [3.8, 4) is 0 Å². The van der Waals surface area contributed by atoms with Gasteiger partial charge in [0.15, 0.2) is 5.78 Å². The maximum Gasteiger partial charge on any atom is 0.416 e. The van der Waals surface area contributed by atoms with Crippen molar-refractivity contribution in [2.24, 2.45) is 5.41 Å². The van der Waals surface area contributed by atoms with Crippen LogP contribution >= 0.6 is 0 Å². The van der Waals surface area contributed by atoms with Gasteiger partial charge in [0.2, 0.25) is 0 Å². The minimum Gasteiger partial charge on any atom is -0.295 e. The summed E-state index contributed by atoms with van der Waals surface area (Å²) in [5.41, 5.74) is 5.38. The SMILES string of the molecule is CC1=C2c3ccc4[nH]nnc4c3CC2(Cc2ccc(C(F)(F)F)cc2)CCC1=O. The van der Waals surface area contributed by atoms with Gasteiger partial charge in [0.1, 0.15) is 5.52 Å². The highest BCUT2D eigenvalue weighted by Crippen LogP contribution is 2.56. The Morgan fingerprint density at radius 3 is 2.62 bits per heavy atom. The van der Waals surface area contributed by atoms with Crippen molar-refractivity contribution in [1.29, 1.82) is 0 Å². The molecule has 0 bridgehead atoms. The molecule has 1 aromatic heterocycles. The molecule has 0 amide bonds. The number of ketones is 1. The van der Waals surface area contributed by atoms with Crippen molar-refractivity contribution in [2.75, 3.05) is 0 Å². The van der Waals surface area contributed by atoms with Crippen LogP contribution in [-0.4, -0.2) is 21.2 Å². The number of halogens is 3. The molecule has 148 valence electrons. The Hall–Kier alpha value is -2.96. The van der Waals surface area contributed by atoms with E-state index in [1.54, 1.807) is 12.1 Å². The molecule has 2 aliphatic rings. The van der Waals surface area contributed by atoms with E-state index in [0.717, 1.165) is 51.0 Å². The van der Waals surface area contributed by atoms with Crippen LogP contribution < -0.4 is 0 Å². The summed E-state index contributed by atoms with van der Waals surface area (Å²) in [6, 6.07) is 9.29. The summed E-state index contributed by atoms with van der Waals surface area (Å²) in [6.07, 6.45) is -1.94. The Morgan fingerprint density at radius 2 is 1.90 bits per heavy atom. The zero-order chi connectivity index (χ0) is 20.4. The smallest absolute Gasteiger partial charge is 0.295 e. The van der Waals surface area contributed by atoms with E-state index in [1.165, 1.54) is 0 Å². The second-order valence-corrected chi connectivity index (χ2v) is 8.05. The van der Waals surface area contributed by atoms with Crippen molar-refractivity contribution >= 4 is 22.4 Å². The van der Waals surface area contributed by atoms with Gasteiger partial charge in [-0.15, -0.1) is 5.10 Å². The predicted molar refractivity (Wildman–Crippen MR) is 102 cm³/mol. The lowest BCUT2D eigenvalue weighted by molar-refractivity contribution is -0.137. The number of hydrogen-bond donors (Lipinski definition) is 1. The van der Waals surface area contributed by atoms with Crippen molar-refractivity contribution in [3.63, 3.8) is 0 Å². The van der Waals surface area contributed by atoms with Gasteiger partial charge in [-0.2, -0.15) is 13.2 Å². The first-order chi connectivity index (χ1) is 13.8. The molecule has 0 fully saturated rings. The largest absolute Gasteiger partial charge is 0.416 e. The van der Waals surface area contributed by atoms with Gasteiger partial charge in [-0.05, 0) is 72.2 Å². The molecule has 0 saturated heterocycles. The molecular formula is C22H18F3N3O. The van der Waals surface area contributed by atoms with Crippen LogP contribution in [0.5, 0.6) is 0 Å². The van der Waals surface area contributed by atoms with Gasteiger partial charge in [-0.1, -0.05) is 23.4 Å². The van der Waals surface area contributed by atoms with Crippen molar-refractivity contribution in [1.82, 2.24) is 15.4 Å². The number of nitrogens with zero attached hydrogens (tertiary/aromatic N) is 2. The third kappa shape index (κ3) is 2.71. The van der Waals surface area contributed by atoms with Gasteiger partial charge in [0, 0.05) is 11.8 Å². The quantitative estimate of drug-likeness (QED) is 0.669. The first kappa shape index (κ1) is 18.1. The van der Waals surface area contributed by atoms with Crippen LogP contribution in [-0.2, 0) is 23.8 Å². The fourth-order valence-corrected chi connectivity index (χ4v) is 5.03. The van der Waals surface area contributed by atoms with Crippen LogP contribution in [0.2, 0.25) is 0 Å². The molecule has 1 unspecified atom stereocenters. The number of rotatable bonds is 2. The van der Waals surface area contributed by atoms with Gasteiger partial charge < -0.3 is 0 Å². The highest BCUT2D eigenvalue weighted by atomic mass is 19.4. The van der Waals surface area contributed by atoms with Crippen LogP contribution in [0.3, 0.4) is 0 Å². The third-order valence-corrected chi connectivity index (χ3v) is 6.37. The van der Waals surface area contributed by atoms with Crippen LogP contribution in [0.25, 0.3) is 16.6 Å². The standard InChI is InChI=1S/C22H18F3N3O/c1-12-18(29)8-9-21(10-13-2-4-14(5-3-13)22(23,24)25)11-16-15(19(12)21)6-7-17-20(16)27-28-26-17/h2-7H,8-11H2,1H3,(H,26,27,28). The minimum absolute atomic E-state index is 0.135. The van der Waals surface area contributed by atoms with Crippen molar-refractivity contribution < 1.29 is 18.0 Å². The van der Waals surface area contributed by atoms with E-state index in [4.69, 9.17) is 0 Å². The van der Waals surface area contributed by atoms with E-state index in [-0.39, 0.29) is 11.2 Å². The summed E-state index contributed by atoms with van der Waals surface area (Å²) in [5, 5.41) is 11.0. The highest BCUT2D eigenvalue weighted by Gasteiger charge is 2.47. The number of aromatic nitrogens is 3. The number of H-pyrrole nitrogens is 1. The Balaban J connectivity index is 1.61. The summed E-state index contributed by atoms with van der Waals surface area (Å²) in [4.78, 5) is 12.5. The van der Waals surface area contributed by atoms with E-state index in [0.29, 0.717) is 25.7 Å². The second kappa shape index (κ2) is 6.02. The lowest BCUT2D eigenvalue weighted by Crippen LogP contribution is -2.30. The first-order valence-electron chi connectivity index (χ1n) is 9.52. The van der Waals surface area contributed by atoms with Crippen LogP contribution in [0, 0.1) is 5.41 Å². The minimum atomic E-state index is -4.35. The lowest BCUT2D eigenvalue weighted by Gasteiger charge is -2.36. The van der Waals surface area contributed by atoms with Gasteiger partial charge in [0.25, 0.3) is 0 Å². The number of fused-ring (bicyclic) bond motifs is 5. The molecule has 7 heteroatoms. The van der Waals surface area contributed by atoms with Gasteiger partial charge >= 0.3 is 6.18 Å². The number of carbonyl (C=O) groups excluding carboxylic acids is 1. The molecule has 1 atom stereocenters. The molecule has 4 nitrogen and oxygen atoms in total. The number of hydrogen-bond acceptors (Lipinski definition) is 3. The normalized spacial score (nSPS) is 21.6. The Bertz CT molecular complexity index is 1170. The molecule has 3 aromatic rings. The second-order valence-electron chi connectivity index (χ2n) is 8.05. The summed E-state index contributed by atoms with van der Waals surface area (Å²) in [7, 11) is 0. The van der Waals surface area contributed by atoms with E-state index in [9.17, 15) is 18.0 Å². The third-order valence-electron chi connectivity index (χ3n) is 6.37. The summed E-state index contributed by atoms with van der Waals surface area (Å²) in [6.45, 7) is 1.86. The van der Waals surface area contributed by atoms with Crippen LogP contribution in [0.1, 0.15) is 42.0 Å². The van der Waals surface area contributed by atoms with E-state index in [2.05, 4.69) is 15.4 Å². The predicted octanol–water partition coefficient (Wildman–Crippen LogP) is 4.90. The number of Topliss-reactive ketones (excluding diaryl/α,β-unsaturated/α-hetero) is 1. The average Bonchev–Trinajstić information content (AvgIpc) is 3.27. The van der Waals surface area contributed by atoms with Gasteiger partial charge in [0.05, 0.1) is 11.1 Å². The fourth-order valence-electron chi connectivity index (χ4n) is 5.03. The van der Waals surface area contributed by atoms with E-state index in [1.807, 2.05) is 19.1 Å². The molecule has 2 aliphatic carbocycles. The number of carbonyl (C=O) groups is 1. The molecule has 5 rings (SSSR count). The Kier molecular flexibility index (Phi) is 3.75. The molecule has 1 N–H and O–H groups in total. The number of nitrogens with one attached hydrogen (secondary N) is 1. The van der Waals surface area contributed by atoms with Gasteiger partial charge in [-0.25, -0.2) is 0 Å². The number of alkyl halides is 3. The zero-order valence-corrected chi connectivity index (χ0v) is 15.7. The number of allylic oxidation sites excluding steroid dienone is 2. The molecule has 0 spiro atoms. The van der Waals surface area contributed by atoms with Gasteiger partial charge in [-0.3, -0.25) is 9.89 Å². The lowest BCUT2D eigenvalue weighted by atomic mass is 9.67. The molecule has 0 radical (unpaired) electrons. The Morgan fingerprint density at radius 1 is 1.14 bits per heavy atom. The highest BCUT2D eigenvalue weighted by molar-refractivity contribution is 6.07. The zero-order valence-electron chi connectivity index (χ0n) is 15.7. The van der Waals surface area contributed by atoms with E-state index >= 15 is 0 Å². The molecule has 29 heavy (non-hydrogen) atoms. The molecule has 2 aromatic carbocycles. The molecule has 1 heterocycles. The monoisotopic (exact) mass is 397 g/mol. The number of benzene rings is 2. The molecule has 0 saturated carbocycles. The molecular weight excluding hydrogens is 379 g/mol. The van der Waals surface area contributed by atoms with E-state index < -0.39 is 11.7 Å². The number of aromatic amines is 1.